The fraction of sp³-hybridized carbons (Fsp3) is 0.682. The maximum atomic E-state index is 13.2. The first-order chi connectivity index (χ1) is 14.7. The van der Waals surface area contributed by atoms with Gasteiger partial charge in [0, 0.05) is 44.4 Å². The Balaban J connectivity index is 1.62. The van der Waals surface area contributed by atoms with E-state index in [1.807, 2.05) is 12.1 Å². The van der Waals surface area contributed by atoms with Gasteiger partial charge in [0.15, 0.2) is 0 Å². The van der Waals surface area contributed by atoms with Gasteiger partial charge < -0.3 is 14.8 Å². The van der Waals surface area contributed by atoms with Crippen molar-refractivity contribution >= 4 is 16.1 Å². The van der Waals surface area contributed by atoms with Crippen LogP contribution < -0.4 is 14.8 Å². The standard InChI is InChI=1S/C22H35N3O5S/c1-16-10-17(2)14-25(13-16)31(27,28)24-9-5-6-19(15-24)22(26)23-12-18-7-8-20(29-3)11-21(18)30-4/h7-8,11,16-17,19H,5-6,9-10,12-15H2,1-4H3,(H,23,26)/t16-,17+,19-/m0/s1. The zero-order valence-electron chi connectivity index (χ0n) is 19.0. The van der Waals surface area contributed by atoms with Gasteiger partial charge in [-0.2, -0.15) is 17.0 Å². The third-order valence-electron chi connectivity index (χ3n) is 6.19. The predicted octanol–water partition coefficient (Wildman–Crippen LogP) is 2.25. The number of carbonyl (C=O) groups excluding carboxylic acids is 1. The summed E-state index contributed by atoms with van der Waals surface area (Å²) in [6, 6.07) is 5.45. The molecule has 31 heavy (non-hydrogen) atoms. The first kappa shape index (κ1) is 23.8. The van der Waals surface area contributed by atoms with Crippen LogP contribution in [0.2, 0.25) is 0 Å². The Morgan fingerprint density at radius 1 is 1.10 bits per heavy atom. The number of hydrogen-bond acceptors (Lipinski definition) is 5. The van der Waals surface area contributed by atoms with Crippen molar-refractivity contribution in [3.05, 3.63) is 23.8 Å². The Bertz CT molecular complexity index is 866. The fourth-order valence-electron chi connectivity index (χ4n) is 4.65. The molecule has 8 nitrogen and oxygen atoms in total. The fourth-order valence-corrected chi connectivity index (χ4v) is 6.59. The molecule has 0 aliphatic carbocycles. The Kier molecular flexibility index (Phi) is 7.82. The molecule has 2 saturated heterocycles. The van der Waals surface area contributed by atoms with Crippen molar-refractivity contribution in [2.45, 2.75) is 39.7 Å². The highest BCUT2D eigenvalue weighted by Gasteiger charge is 2.38. The number of methoxy groups -OCH3 is 2. The maximum Gasteiger partial charge on any atom is 0.282 e. The normalized spacial score (nSPS) is 25.7. The van der Waals surface area contributed by atoms with Gasteiger partial charge in [0.1, 0.15) is 11.5 Å². The van der Waals surface area contributed by atoms with Gasteiger partial charge in [-0.3, -0.25) is 4.79 Å². The molecule has 1 aromatic rings. The van der Waals surface area contributed by atoms with Gasteiger partial charge in [0.05, 0.1) is 20.1 Å². The van der Waals surface area contributed by atoms with Gasteiger partial charge in [-0.15, -0.1) is 0 Å². The van der Waals surface area contributed by atoms with E-state index in [9.17, 15) is 13.2 Å². The first-order valence-corrected chi connectivity index (χ1v) is 12.4. The molecular weight excluding hydrogens is 418 g/mol. The van der Waals surface area contributed by atoms with E-state index >= 15 is 0 Å². The first-order valence-electron chi connectivity index (χ1n) is 11.0. The minimum atomic E-state index is -3.55. The molecule has 0 aromatic heterocycles. The van der Waals surface area contributed by atoms with E-state index in [1.165, 1.54) is 4.31 Å². The Labute approximate surface area is 186 Å². The molecule has 0 radical (unpaired) electrons. The van der Waals surface area contributed by atoms with Gasteiger partial charge in [-0.05, 0) is 43.2 Å². The summed E-state index contributed by atoms with van der Waals surface area (Å²) >= 11 is 0. The van der Waals surface area contributed by atoms with E-state index in [1.54, 1.807) is 24.6 Å². The molecule has 3 rings (SSSR count). The zero-order chi connectivity index (χ0) is 22.6. The van der Waals surface area contributed by atoms with Gasteiger partial charge in [-0.1, -0.05) is 13.8 Å². The molecule has 1 aromatic carbocycles. The number of carbonyl (C=O) groups is 1. The smallest absolute Gasteiger partial charge is 0.282 e. The number of piperidine rings is 2. The van der Waals surface area contributed by atoms with Crippen LogP contribution in [0.3, 0.4) is 0 Å². The molecule has 2 heterocycles. The number of ether oxygens (including phenoxy) is 2. The molecule has 0 spiro atoms. The number of nitrogens with zero attached hydrogens (tertiary/aromatic N) is 2. The van der Waals surface area contributed by atoms with Crippen molar-refractivity contribution in [1.29, 1.82) is 0 Å². The molecule has 3 atom stereocenters. The summed E-state index contributed by atoms with van der Waals surface area (Å²) in [5, 5.41) is 2.95. The Morgan fingerprint density at radius 2 is 1.81 bits per heavy atom. The lowest BCUT2D eigenvalue weighted by Crippen LogP contribution is -2.53. The summed E-state index contributed by atoms with van der Waals surface area (Å²) in [4.78, 5) is 12.8. The molecule has 174 valence electrons. The minimum absolute atomic E-state index is 0.127. The van der Waals surface area contributed by atoms with Crippen LogP contribution in [0.1, 0.15) is 38.7 Å². The van der Waals surface area contributed by atoms with Crippen molar-refractivity contribution < 1.29 is 22.7 Å². The highest BCUT2D eigenvalue weighted by Crippen LogP contribution is 2.28. The van der Waals surface area contributed by atoms with Crippen LogP contribution in [-0.2, 0) is 21.5 Å². The molecule has 0 unspecified atom stereocenters. The zero-order valence-corrected chi connectivity index (χ0v) is 19.8. The molecule has 0 saturated carbocycles. The second kappa shape index (κ2) is 10.2. The quantitative estimate of drug-likeness (QED) is 0.684. The van der Waals surface area contributed by atoms with Crippen LogP contribution in [-0.4, -0.2) is 63.3 Å². The highest BCUT2D eigenvalue weighted by atomic mass is 32.2. The monoisotopic (exact) mass is 453 g/mol. The second-order valence-corrected chi connectivity index (χ2v) is 10.8. The van der Waals surface area contributed by atoms with E-state index in [0.717, 1.165) is 12.0 Å². The maximum absolute atomic E-state index is 13.2. The second-order valence-electron chi connectivity index (χ2n) is 8.86. The molecule has 2 aliphatic heterocycles. The van der Waals surface area contributed by atoms with Crippen LogP contribution in [0.25, 0.3) is 0 Å². The van der Waals surface area contributed by atoms with Crippen LogP contribution in [0.5, 0.6) is 11.5 Å². The molecule has 9 heteroatoms. The van der Waals surface area contributed by atoms with Crippen LogP contribution in [0, 0.1) is 17.8 Å². The summed E-state index contributed by atoms with van der Waals surface area (Å²) < 4.78 is 40.1. The third-order valence-corrected chi connectivity index (χ3v) is 8.13. The molecule has 2 aliphatic rings. The van der Waals surface area contributed by atoms with E-state index < -0.39 is 10.2 Å². The average molecular weight is 454 g/mol. The van der Waals surface area contributed by atoms with Crippen molar-refractivity contribution in [3.63, 3.8) is 0 Å². The molecular formula is C22H35N3O5S. The SMILES string of the molecule is COc1ccc(CNC(=O)[C@H]2CCCN(S(=O)(=O)N3C[C@H](C)C[C@H](C)C3)C2)c(OC)c1. The van der Waals surface area contributed by atoms with Gasteiger partial charge in [0.25, 0.3) is 10.2 Å². The van der Waals surface area contributed by atoms with Gasteiger partial charge >= 0.3 is 0 Å². The van der Waals surface area contributed by atoms with E-state index in [2.05, 4.69) is 19.2 Å². The topological polar surface area (TPSA) is 88.2 Å². The summed E-state index contributed by atoms with van der Waals surface area (Å²) in [7, 11) is -0.387. The molecule has 0 bridgehead atoms. The summed E-state index contributed by atoms with van der Waals surface area (Å²) in [5.41, 5.74) is 0.841. The molecule has 1 amide bonds. The third kappa shape index (κ3) is 5.70. The Hall–Kier alpha value is -1.84. The lowest BCUT2D eigenvalue weighted by Gasteiger charge is -2.39. The number of benzene rings is 1. The van der Waals surface area contributed by atoms with Gasteiger partial charge in [-0.25, -0.2) is 0 Å². The van der Waals surface area contributed by atoms with Crippen LogP contribution in [0.4, 0.5) is 0 Å². The predicted molar refractivity (Wildman–Crippen MR) is 119 cm³/mol. The van der Waals surface area contributed by atoms with E-state index in [-0.39, 0.29) is 18.4 Å². The highest BCUT2D eigenvalue weighted by molar-refractivity contribution is 7.86. The number of amides is 1. The van der Waals surface area contributed by atoms with Crippen molar-refractivity contribution in [2.24, 2.45) is 17.8 Å². The number of nitrogens with one attached hydrogen (secondary N) is 1. The minimum Gasteiger partial charge on any atom is -0.497 e. The number of rotatable bonds is 7. The number of hydrogen-bond donors (Lipinski definition) is 1. The summed E-state index contributed by atoms with van der Waals surface area (Å²) in [5.74, 6) is 1.54. The van der Waals surface area contributed by atoms with Crippen LogP contribution >= 0.6 is 0 Å². The van der Waals surface area contributed by atoms with E-state index in [0.29, 0.717) is 62.4 Å². The Morgan fingerprint density at radius 3 is 2.45 bits per heavy atom. The lowest BCUT2D eigenvalue weighted by atomic mass is 9.94. The van der Waals surface area contributed by atoms with Crippen molar-refractivity contribution in [1.82, 2.24) is 13.9 Å². The van der Waals surface area contributed by atoms with Crippen LogP contribution in [0.15, 0.2) is 18.2 Å². The summed E-state index contributed by atoms with van der Waals surface area (Å²) in [6.07, 6.45) is 2.42. The molecule has 1 N–H and O–H groups in total. The largest absolute Gasteiger partial charge is 0.497 e. The van der Waals surface area contributed by atoms with E-state index in [4.69, 9.17) is 9.47 Å². The van der Waals surface area contributed by atoms with Crippen molar-refractivity contribution in [3.8, 4) is 11.5 Å². The summed E-state index contributed by atoms with van der Waals surface area (Å²) in [6.45, 7) is 6.31. The van der Waals surface area contributed by atoms with Gasteiger partial charge in [0.2, 0.25) is 5.91 Å². The van der Waals surface area contributed by atoms with Crippen molar-refractivity contribution in [2.75, 3.05) is 40.4 Å². The molecule has 2 fully saturated rings. The average Bonchev–Trinajstić information content (AvgIpc) is 2.76. The lowest BCUT2D eigenvalue weighted by molar-refractivity contribution is -0.126.